The molecule has 1 aliphatic carbocycles. The molecular weight excluding hydrogens is 244 g/mol. The number of rotatable bonds is 1. The number of allylic oxidation sites excluding steroid dienone is 2. The summed E-state index contributed by atoms with van der Waals surface area (Å²) >= 11 is 0. The van der Waals surface area contributed by atoms with Crippen LogP contribution in [0.5, 0.6) is 11.5 Å². The number of hydrogen-bond donors (Lipinski definition) is 0. The van der Waals surface area contributed by atoms with Gasteiger partial charge in [-0.3, -0.25) is 4.79 Å². The van der Waals surface area contributed by atoms with E-state index in [0.717, 1.165) is 23.5 Å². The molecule has 0 radical (unpaired) electrons. The van der Waals surface area contributed by atoms with Gasteiger partial charge in [0.25, 0.3) is 0 Å². The molecule has 3 atom stereocenters. The summed E-state index contributed by atoms with van der Waals surface area (Å²) in [6.07, 6.45) is 5.06. The predicted molar refractivity (Wildman–Crippen MR) is 67.0 cm³/mol. The van der Waals surface area contributed by atoms with E-state index >= 15 is 0 Å². The van der Waals surface area contributed by atoms with Crippen LogP contribution in [0.2, 0.25) is 0 Å². The van der Waals surface area contributed by atoms with Crippen molar-refractivity contribution < 1.29 is 19.0 Å². The molecule has 2 aliphatic heterocycles. The molecule has 0 bridgehead atoms. The van der Waals surface area contributed by atoms with Crippen molar-refractivity contribution in [2.24, 2.45) is 11.8 Å². The van der Waals surface area contributed by atoms with Crippen molar-refractivity contribution in [3.05, 3.63) is 35.9 Å². The molecule has 3 aliphatic rings. The van der Waals surface area contributed by atoms with Crippen LogP contribution in [0.3, 0.4) is 0 Å². The lowest BCUT2D eigenvalue weighted by Gasteiger charge is -2.26. The normalized spacial score (nSPS) is 31.2. The zero-order valence-corrected chi connectivity index (χ0v) is 10.4. The minimum atomic E-state index is -0.0555. The highest BCUT2D eigenvalue weighted by Gasteiger charge is 2.42. The molecule has 4 rings (SSSR count). The molecule has 0 aromatic heterocycles. The van der Waals surface area contributed by atoms with E-state index in [1.807, 2.05) is 18.2 Å². The SMILES string of the molecule is O=C1OC[C@@H]2[C@@H]1CC=C[C@@H]2c1ccc2c(c1)OCO2. The number of ether oxygens (including phenoxy) is 3. The lowest BCUT2D eigenvalue weighted by molar-refractivity contribution is -0.141. The first kappa shape index (κ1) is 10.9. The lowest BCUT2D eigenvalue weighted by Crippen LogP contribution is -2.24. The Hall–Kier alpha value is -1.97. The minimum absolute atomic E-state index is 0.0143. The van der Waals surface area contributed by atoms with E-state index in [1.54, 1.807) is 0 Å². The van der Waals surface area contributed by atoms with Gasteiger partial charge in [-0.2, -0.15) is 0 Å². The van der Waals surface area contributed by atoms with Gasteiger partial charge in [-0.1, -0.05) is 18.2 Å². The maximum Gasteiger partial charge on any atom is 0.309 e. The fraction of sp³-hybridized carbons (Fsp3) is 0.400. The first-order valence-corrected chi connectivity index (χ1v) is 6.56. The zero-order chi connectivity index (χ0) is 12.8. The van der Waals surface area contributed by atoms with E-state index in [4.69, 9.17) is 14.2 Å². The monoisotopic (exact) mass is 258 g/mol. The van der Waals surface area contributed by atoms with Crippen molar-refractivity contribution in [2.75, 3.05) is 13.4 Å². The summed E-state index contributed by atoms with van der Waals surface area (Å²) in [5, 5.41) is 0. The van der Waals surface area contributed by atoms with Crippen LogP contribution in [0.25, 0.3) is 0 Å². The third-order valence-corrected chi connectivity index (χ3v) is 4.21. The highest BCUT2D eigenvalue weighted by Crippen LogP contribution is 2.44. The van der Waals surface area contributed by atoms with Crippen LogP contribution in [-0.4, -0.2) is 19.4 Å². The summed E-state index contributed by atoms with van der Waals surface area (Å²) in [4.78, 5) is 11.7. The number of carbonyl (C=O) groups is 1. The molecular formula is C15H14O4. The third kappa shape index (κ3) is 1.63. The van der Waals surface area contributed by atoms with Crippen LogP contribution in [0.1, 0.15) is 17.9 Å². The highest BCUT2D eigenvalue weighted by molar-refractivity contribution is 5.75. The Balaban J connectivity index is 1.70. The van der Waals surface area contributed by atoms with E-state index in [2.05, 4.69) is 12.2 Å². The molecule has 0 unspecified atom stereocenters. The number of esters is 1. The maximum absolute atomic E-state index is 11.7. The molecule has 4 nitrogen and oxygen atoms in total. The molecule has 2 heterocycles. The Morgan fingerprint density at radius 1 is 1.11 bits per heavy atom. The summed E-state index contributed by atoms with van der Waals surface area (Å²) in [5.41, 5.74) is 1.16. The number of hydrogen-bond acceptors (Lipinski definition) is 4. The van der Waals surface area contributed by atoms with Crippen molar-refractivity contribution >= 4 is 5.97 Å². The van der Waals surface area contributed by atoms with Crippen molar-refractivity contribution in [3.63, 3.8) is 0 Å². The molecule has 98 valence electrons. The molecule has 1 aromatic carbocycles. The predicted octanol–water partition coefficient (Wildman–Crippen LogP) is 2.25. The van der Waals surface area contributed by atoms with Gasteiger partial charge in [0.2, 0.25) is 6.79 Å². The number of fused-ring (bicyclic) bond motifs is 2. The molecule has 1 aromatic rings. The van der Waals surface area contributed by atoms with E-state index in [0.29, 0.717) is 6.61 Å². The van der Waals surface area contributed by atoms with Crippen LogP contribution < -0.4 is 9.47 Å². The molecule has 0 amide bonds. The summed E-state index contributed by atoms with van der Waals surface area (Å²) in [6, 6.07) is 6.00. The van der Waals surface area contributed by atoms with E-state index in [1.165, 1.54) is 0 Å². The van der Waals surface area contributed by atoms with Gasteiger partial charge in [-0.25, -0.2) is 0 Å². The Morgan fingerprint density at radius 3 is 2.95 bits per heavy atom. The van der Waals surface area contributed by atoms with Crippen LogP contribution in [0, 0.1) is 11.8 Å². The van der Waals surface area contributed by atoms with Gasteiger partial charge in [-0.15, -0.1) is 0 Å². The number of carbonyl (C=O) groups excluding carboxylic acids is 1. The largest absolute Gasteiger partial charge is 0.465 e. The van der Waals surface area contributed by atoms with Gasteiger partial charge in [0, 0.05) is 11.8 Å². The first-order valence-electron chi connectivity index (χ1n) is 6.56. The molecule has 0 spiro atoms. The highest BCUT2D eigenvalue weighted by atomic mass is 16.7. The second-order valence-electron chi connectivity index (χ2n) is 5.20. The third-order valence-electron chi connectivity index (χ3n) is 4.21. The molecule has 0 saturated carbocycles. The average molecular weight is 258 g/mol. The second kappa shape index (κ2) is 4.02. The number of benzene rings is 1. The maximum atomic E-state index is 11.7. The zero-order valence-electron chi connectivity index (χ0n) is 10.4. The smallest absolute Gasteiger partial charge is 0.309 e. The minimum Gasteiger partial charge on any atom is -0.465 e. The van der Waals surface area contributed by atoms with Gasteiger partial charge in [0.15, 0.2) is 11.5 Å². The van der Waals surface area contributed by atoms with Gasteiger partial charge in [-0.05, 0) is 24.1 Å². The quantitative estimate of drug-likeness (QED) is 0.572. The lowest BCUT2D eigenvalue weighted by atomic mass is 9.74. The fourth-order valence-electron chi connectivity index (χ4n) is 3.19. The molecule has 4 heteroatoms. The fourth-order valence-corrected chi connectivity index (χ4v) is 3.19. The first-order chi connectivity index (χ1) is 9.33. The Bertz CT molecular complexity index is 563. The van der Waals surface area contributed by atoms with E-state index < -0.39 is 0 Å². The van der Waals surface area contributed by atoms with Crippen molar-refractivity contribution in [3.8, 4) is 11.5 Å². The Labute approximate surface area is 111 Å². The van der Waals surface area contributed by atoms with Crippen LogP contribution in [-0.2, 0) is 9.53 Å². The van der Waals surface area contributed by atoms with Crippen molar-refractivity contribution in [1.82, 2.24) is 0 Å². The van der Waals surface area contributed by atoms with Gasteiger partial charge in [0.05, 0.1) is 12.5 Å². The van der Waals surface area contributed by atoms with Crippen LogP contribution >= 0.6 is 0 Å². The van der Waals surface area contributed by atoms with Gasteiger partial charge >= 0.3 is 5.97 Å². The molecule has 0 N–H and O–H groups in total. The Morgan fingerprint density at radius 2 is 2.00 bits per heavy atom. The molecule has 1 saturated heterocycles. The summed E-state index contributed by atoms with van der Waals surface area (Å²) in [6.45, 7) is 0.805. The van der Waals surface area contributed by atoms with Crippen molar-refractivity contribution in [2.45, 2.75) is 12.3 Å². The number of cyclic esters (lactones) is 1. The standard InChI is InChI=1S/C15H14O4/c16-15-11-3-1-2-10(12(11)7-17-15)9-4-5-13-14(6-9)19-8-18-13/h1-2,4-6,10-12H,3,7-8H2/t10-,11+,12+/m1/s1. The van der Waals surface area contributed by atoms with Gasteiger partial charge in [0.1, 0.15) is 0 Å². The summed E-state index contributed by atoms with van der Waals surface area (Å²) in [5.74, 6) is 2.01. The molecule has 19 heavy (non-hydrogen) atoms. The Kier molecular flexibility index (Phi) is 2.31. The second-order valence-corrected chi connectivity index (χ2v) is 5.20. The van der Waals surface area contributed by atoms with E-state index in [9.17, 15) is 4.79 Å². The summed E-state index contributed by atoms with van der Waals surface area (Å²) < 4.78 is 16.0. The van der Waals surface area contributed by atoms with E-state index in [-0.39, 0.29) is 30.5 Å². The van der Waals surface area contributed by atoms with Gasteiger partial charge < -0.3 is 14.2 Å². The topological polar surface area (TPSA) is 44.8 Å². The summed E-state index contributed by atoms with van der Waals surface area (Å²) in [7, 11) is 0. The van der Waals surface area contributed by atoms with Crippen LogP contribution in [0.4, 0.5) is 0 Å². The molecule has 1 fully saturated rings. The van der Waals surface area contributed by atoms with Crippen LogP contribution in [0.15, 0.2) is 30.4 Å². The van der Waals surface area contributed by atoms with Crippen molar-refractivity contribution in [1.29, 1.82) is 0 Å². The average Bonchev–Trinajstić information content (AvgIpc) is 3.05.